The maximum Gasteiger partial charge on any atom is 0.233 e. The number of nitrogens with zero attached hydrogens (tertiary/aromatic N) is 1. The van der Waals surface area contributed by atoms with Crippen LogP contribution in [0, 0.1) is 0 Å². The van der Waals surface area contributed by atoms with Gasteiger partial charge in [-0.1, -0.05) is 18.2 Å². The lowest BCUT2D eigenvalue weighted by Gasteiger charge is -2.02. The number of anilines is 1. The Balaban J connectivity index is 1.72. The zero-order chi connectivity index (χ0) is 15.4. The van der Waals surface area contributed by atoms with Gasteiger partial charge >= 0.3 is 0 Å². The molecule has 0 radical (unpaired) electrons. The predicted octanol–water partition coefficient (Wildman–Crippen LogP) is 3.41. The molecule has 1 heterocycles. The molecule has 0 saturated heterocycles. The summed E-state index contributed by atoms with van der Waals surface area (Å²) >= 11 is 0. The first-order chi connectivity index (χ1) is 10.7. The van der Waals surface area contributed by atoms with Crippen LogP contribution in [0.15, 0.2) is 52.9 Å². The fraction of sp³-hybridized carbons (Fsp3) is 0.176. The summed E-state index contributed by atoms with van der Waals surface area (Å²) in [5, 5.41) is 2.80. The van der Waals surface area contributed by atoms with Gasteiger partial charge in [-0.05, 0) is 31.2 Å². The van der Waals surface area contributed by atoms with Crippen LogP contribution in [0.4, 0.5) is 5.69 Å². The van der Waals surface area contributed by atoms with Gasteiger partial charge in [-0.15, -0.1) is 0 Å². The third kappa shape index (κ3) is 3.25. The standard InChI is InChI=1S/C17H16N2O3/c1-2-21-13-8-9-15-14(10-13)19-17(22-15)11-16(20)18-12-6-4-3-5-7-12/h3-10H,2,11H2,1H3,(H,18,20). The molecule has 3 rings (SSSR count). The summed E-state index contributed by atoms with van der Waals surface area (Å²) in [5.41, 5.74) is 2.08. The van der Waals surface area contributed by atoms with Crippen molar-refractivity contribution in [3.63, 3.8) is 0 Å². The quantitative estimate of drug-likeness (QED) is 0.783. The molecular weight excluding hydrogens is 280 g/mol. The summed E-state index contributed by atoms with van der Waals surface area (Å²) < 4.78 is 11.0. The lowest BCUT2D eigenvalue weighted by molar-refractivity contribution is -0.115. The van der Waals surface area contributed by atoms with E-state index >= 15 is 0 Å². The molecule has 0 aliphatic heterocycles. The number of nitrogens with one attached hydrogen (secondary N) is 1. The van der Waals surface area contributed by atoms with E-state index in [0.717, 1.165) is 11.4 Å². The second kappa shape index (κ2) is 6.30. The van der Waals surface area contributed by atoms with E-state index in [1.165, 1.54) is 0 Å². The minimum absolute atomic E-state index is 0.0908. The number of oxazole rings is 1. The van der Waals surface area contributed by atoms with Gasteiger partial charge in [-0.3, -0.25) is 4.79 Å². The third-order valence-electron chi connectivity index (χ3n) is 3.08. The van der Waals surface area contributed by atoms with Crippen molar-refractivity contribution in [1.29, 1.82) is 0 Å². The molecular formula is C17H16N2O3. The molecule has 1 aromatic heterocycles. The number of carbonyl (C=O) groups is 1. The van der Waals surface area contributed by atoms with Crippen molar-refractivity contribution in [3.8, 4) is 5.75 Å². The molecule has 5 heteroatoms. The highest BCUT2D eigenvalue weighted by Crippen LogP contribution is 2.22. The van der Waals surface area contributed by atoms with E-state index in [4.69, 9.17) is 9.15 Å². The van der Waals surface area contributed by atoms with E-state index < -0.39 is 0 Å². The predicted molar refractivity (Wildman–Crippen MR) is 84.0 cm³/mol. The Labute approximate surface area is 127 Å². The highest BCUT2D eigenvalue weighted by molar-refractivity contribution is 5.92. The van der Waals surface area contributed by atoms with Crippen LogP contribution < -0.4 is 10.1 Å². The molecule has 0 unspecified atom stereocenters. The van der Waals surface area contributed by atoms with Gasteiger partial charge < -0.3 is 14.5 Å². The summed E-state index contributed by atoms with van der Waals surface area (Å²) in [5.74, 6) is 0.962. The number of hydrogen-bond donors (Lipinski definition) is 1. The van der Waals surface area contributed by atoms with Gasteiger partial charge in [-0.25, -0.2) is 4.98 Å². The number of rotatable bonds is 5. The Morgan fingerprint density at radius 2 is 2.05 bits per heavy atom. The first-order valence-electron chi connectivity index (χ1n) is 7.12. The topological polar surface area (TPSA) is 64.4 Å². The number of hydrogen-bond acceptors (Lipinski definition) is 4. The second-order valence-electron chi connectivity index (χ2n) is 4.76. The summed E-state index contributed by atoms with van der Waals surface area (Å²) in [6.45, 7) is 2.52. The molecule has 5 nitrogen and oxygen atoms in total. The summed E-state index contributed by atoms with van der Waals surface area (Å²) in [4.78, 5) is 16.3. The van der Waals surface area contributed by atoms with E-state index in [0.29, 0.717) is 23.6 Å². The Morgan fingerprint density at radius 3 is 2.82 bits per heavy atom. The number of para-hydroxylation sites is 1. The van der Waals surface area contributed by atoms with Crippen LogP contribution in [0.25, 0.3) is 11.1 Å². The monoisotopic (exact) mass is 296 g/mol. The largest absolute Gasteiger partial charge is 0.494 e. The fourth-order valence-electron chi connectivity index (χ4n) is 2.15. The second-order valence-corrected chi connectivity index (χ2v) is 4.76. The van der Waals surface area contributed by atoms with Gasteiger partial charge in [0.15, 0.2) is 5.58 Å². The van der Waals surface area contributed by atoms with E-state index in [-0.39, 0.29) is 12.3 Å². The van der Waals surface area contributed by atoms with Gasteiger partial charge in [0, 0.05) is 11.8 Å². The molecule has 0 saturated carbocycles. The number of amides is 1. The van der Waals surface area contributed by atoms with E-state index in [1.807, 2.05) is 43.3 Å². The first kappa shape index (κ1) is 14.1. The van der Waals surface area contributed by atoms with Crippen LogP contribution in [-0.4, -0.2) is 17.5 Å². The molecule has 0 aliphatic carbocycles. The smallest absolute Gasteiger partial charge is 0.233 e. The molecule has 1 amide bonds. The Kier molecular flexibility index (Phi) is 4.05. The number of benzene rings is 2. The molecule has 3 aromatic rings. The van der Waals surface area contributed by atoms with Crippen LogP contribution in [0.3, 0.4) is 0 Å². The number of ether oxygens (including phenoxy) is 1. The number of fused-ring (bicyclic) bond motifs is 1. The van der Waals surface area contributed by atoms with Crippen molar-refractivity contribution in [1.82, 2.24) is 4.98 Å². The van der Waals surface area contributed by atoms with Gasteiger partial charge in [0.05, 0.1) is 6.61 Å². The summed E-state index contributed by atoms with van der Waals surface area (Å²) in [6, 6.07) is 14.7. The normalized spacial score (nSPS) is 10.6. The van der Waals surface area contributed by atoms with Crippen LogP contribution >= 0.6 is 0 Å². The molecule has 112 valence electrons. The molecule has 0 aliphatic rings. The molecule has 1 N–H and O–H groups in total. The average molecular weight is 296 g/mol. The molecule has 0 atom stereocenters. The van der Waals surface area contributed by atoms with Gasteiger partial charge in [0.25, 0.3) is 0 Å². The maximum atomic E-state index is 12.0. The lowest BCUT2D eigenvalue weighted by atomic mass is 10.3. The van der Waals surface area contributed by atoms with E-state index in [2.05, 4.69) is 10.3 Å². The Hall–Kier alpha value is -2.82. The molecule has 0 bridgehead atoms. The molecule has 22 heavy (non-hydrogen) atoms. The van der Waals surface area contributed by atoms with Crippen molar-refractivity contribution in [2.24, 2.45) is 0 Å². The van der Waals surface area contributed by atoms with Crippen LogP contribution in [0.2, 0.25) is 0 Å². The average Bonchev–Trinajstić information content (AvgIpc) is 2.89. The van der Waals surface area contributed by atoms with Crippen LogP contribution in [0.5, 0.6) is 5.75 Å². The van der Waals surface area contributed by atoms with Crippen LogP contribution in [-0.2, 0) is 11.2 Å². The third-order valence-corrected chi connectivity index (χ3v) is 3.08. The number of aromatic nitrogens is 1. The zero-order valence-corrected chi connectivity index (χ0v) is 12.2. The summed E-state index contributed by atoms with van der Waals surface area (Å²) in [7, 11) is 0. The van der Waals surface area contributed by atoms with Crippen molar-refractivity contribution < 1.29 is 13.9 Å². The molecule has 2 aromatic carbocycles. The highest BCUT2D eigenvalue weighted by atomic mass is 16.5. The van der Waals surface area contributed by atoms with Gasteiger partial charge in [0.1, 0.15) is 17.7 Å². The van der Waals surface area contributed by atoms with Crippen molar-refractivity contribution >= 4 is 22.7 Å². The van der Waals surface area contributed by atoms with Gasteiger partial charge in [-0.2, -0.15) is 0 Å². The van der Waals surface area contributed by atoms with Crippen molar-refractivity contribution in [2.45, 2.75) is 13.3 Å². The first-order valence-corrected chi connectivity index (χ1v) is 7.12. The van der Waals surface area contributed by atoms with E-state index in [9.17, 15) is 4.79 Å². The number of carbonyl (C=O) groups excluding carboxylic acids is 1. The lowest BCUT2D eigenvalue weighted by Crippen LogP contribution is -2.14. The van der Waals surface area contributed by atoms with Crippen molar-refractivity contribution in [2.75, 3.05) is 11.9 Å². The molecule has 0 spiro atoms. The Bertz CT molecular complexity index is 781. The fourth-order valence-corrected chi connectivity index (χ4v) is 2.15. The van der Waals surface area contributed by atoms with E-state index in [1.54, 1.807) is 12.1 Å². The maximum absolute atomic E-state index is 12.0. The minimum Gasteiger partial charge on any atom is -0.494 e. The van der Waals surface area contributed by atoms with Gasteiger partial charge in [0.2, 0.25) is 11.8 Å². The van der Waals surface area contributed by atoms with Crippen LogP contribution in [0.1, 0.15) is 12.8 Å². The highest BCUT2D eigenvalue weighted by Gasteiger charge is 2.11. The Morgan fingerprint density at radius 1 is 1.23 bits per heavy atom. The zero-order valence-electron chi connectivity index (χ0n) is 12.2. The van der Waals surface area contributed by atoms with Crippen molar-refractivity contribution in [3.05, 3.63) is 54.4 Å². The SMILES string of the molecule is CCOc1ccc2oc(CC(=O)Nc3ccccc3)nc2c1. The molecule has 0 fully saturated rings. The summed E-state index contributed by atoms with van der Waals surface area (Å²) in [6.07, 6.45) is 0.0908. The minimum atomic E-state index is -0.164.